The third-order valence-corrected chi connectivity index (χ3v) is 5.26. The van der Waals surface area contributed by atoms with Gasteiger partial charge in [0.05, 0.1) is 6.54 Å². The highest BCUT2D eigenvalue weighted by molar-refractivity contribution is 5.56. The summed E-state index contributed by atoms with van der Waals surface area (Å²) in [5.41, 5.74) is 4.06. The van der Waals surface area contributed by atoms with Crippen molar-refractivity contribution >= 4 is 5.69 Å². The molecule has 0 saturated carbocycles. The Morgan fingerprint density at radius 2 is 1.64 bits per heavy atom. The predicted octanol–water partition coefficient (Wildman–Crippen LogP) is 3.59. The molecule has 0 bridgehead atoms. The van der Waals surface area contributed by atoms with E-state index >= 15 is 0 Å². The van der Waals surface area contributed by atoms with Crippen LogP contribution in [-0.4, -0.2) is 41.3 Å². The maximum Gasteiger partial charge on any atom is 0.253 e. The van der Waals surface area contributed by atoms with Crippen LogP contribution in [0, 0.1) is 13.8 Å². The summed E-state index contributed by atoms with van der Waals surface area (Å²) in [6, 6.07) is 16.2. The predicted molar refractivity (Wildman–Crippen MR) is 108 cm³/mol. The Morgan fingerprint density at radius 3 is 2.43 bits per heavy atom. The first-order valence-corrected chi connectivity index (χ1v) is 9.71. The van der Waals surface area contributed by atoms with Gasteiger partial charge in [-0.05, 0) is 43.2 Å². The Bertz CT molecular complexity index is 902. The quantitative estimate of drug-likeness (QED) is 0.653. The fourth-order valence-corrected chi connectivity index (χ4v) is 3.49. The molecule has 4 rings (SSSR count). The standard InChI is InChI=1S/C22H26N4O2/c1-17-7-6-10-20(18(17)2)26-13-11-25(12-14-26)15-21-23-24-22(28-21)16-27-19-8-4-3-5-9-19/h3-10H,11-16H2,1-2H3. The smallest absolute Gasteiger partial charge is 0.253 e. The second-order valence-electron chi connectivity index (χ2n) is 7.17. The number of aromatic nitrogens is 2. The lowest BCUT2D eigenvalue weighted by atomic mass is 10.1. The molecule has 0 atom stereocenters. The van der Waals surface area contributed by atoms with Crippen LogP contribution in [0.4, 0.5) is 5.69 Å². The zero-order valence-electron chi connectivity index (χ0n) is 16.5. The molecule has 1 saturated heterocycles. The van der Waals surface area contributed by atoms with Crippen molar-refractivity contribution in [3.8, 4) is 5.75 Å². The Hall–Kier alpha value is -2.86. The first kappa shape index (κ1) is 18.5. The second-order valence-corrected chi connectivity index (χ2v) is 7.17. The lowest BCUT2D eigenvalue weighted by Gasteiger charge is -2.36. The number of benzene rings is 2. The second kappa shape index (κ2) is 8.44. The summed E-state index contributed by atoms with van der Waals surface area (Å²) in [7, 11) is 0. The van der Waals surface area contributed by atoms with Gasteiger partial charge in [0.25, 0.3) is 5.89 Å². The van der Waals surface area contributed by atoms with Gasteiger partial charge in [-0.2, -0.15) is 0 Å². The maximum atomic E-state index is 5.75. The van der Waals surface area contributed by atoms with Gasteiger partial charge in [0.1, 0.15) is 5.75 Å². The van der Waals surface area contributed by atoms with Crippen LogP contribution in [0.5, 0.6) is 5.75 Å². The van der Waals surface area contributed by atoms with E-state index in [1.165, 1.54) is 16.8 Å². The molecule has 2 aromatic carbocycles. The fraction of sp³-hybridized carbons (Fsp3) is 0.364. The normalized spacial score (nSPS) is 15.0. The van der Waals surface area contributed by atoms with Gasteiger partial charge in [-0.3, -0.25) is 4.90 Å². The summed E-state index contributed by atoms with van der Waals surface area (Å²) in [5.74, 6) is 1.95. The van der Waals surface area contributed by atoms with Crippen LogP contribution >= 0.6 is 0 Å². The number of anilines is 1. The fourth-order valence-electron chi connectivity index (χ4n) is 3.49. The Kier molecular flexibility index (Phi) is 5.58. The van der Waals surface area contributed by atoms with Crippen LogP contribution < -0.4 is 9.64 Å². The number of ether oxygens (including phenoxy) is 1. The first-order chi connectivity index (χ1) is 13.7. The van der Waals surface area contributed by atoms with E-state index in [9.17, 15) is 0 Å². The largest absolute Gasteiger partial charge is 0.484 e. The van der Waals surface area contributed by atoms with Crippen LogP contribution in [0.15, 0.2) is 52.9 Å². The van der Waals surface area contributed by atoms with Gasteiger partial charge in [0, 0.05) is 31.9 Å². The van der Waals surface area contributed by atoms with E-state index in [2.05, 4.69) is 52.0 Å². The van der Waals surface area contributed by atoms with E-state index in [4.69, 9.17) is 9.15 Å². The highest BCUT2D eigenvalue weighted by Crippen LogP contribution is 2.24. The summed E-state index contributed by atoms with van der Waals surface area (Å²) in [5, 5.41) is 8.28. The molecule has 1 fully saturated rings. The lowest BCUT2D eigenvalue weighted by molar-refractivity contribution is 0.214. The van der Waals surface area contributed by atoms with E-state index < -0.39 is 0 Å². The van der Waals surface area contributed by atoms with Crippen molar-refractivity contribution in [3.05, 3.63) is 71.4 Å². The molecule has 6 nitrogen and oxygen atoms in total. The molecule has 0 spiro atoms. The molecule has 28 heavy (non-hydrogen) atoms. The zero-order chi connectivity index (χ0) is 19.3. The maximum absolute atomic E-state index is 5.75. The molecule has 3 aromatic rings. The topological polar surface area (TPSA) is 54.6 Å². The molecule has 1 aromatic heterocycles. The summed E-state index contributed by atoms with van der Waals surface area (Å²) in [6.07, 6.45) is 0. The van der Waals surface area contributed by atoms with Crippen molar-refractivity contribution in [2.75, 3.05) is 31.1 Å². The molecule has 0 radical (unpaired) electrons. The monoisotopic (exact) mass is 378 g/mol. The molecular weight excluding hydrogens is 352 g/mol. The van der Waals surface area contributed by atoms with Gasteiger partial charge in [-0.15, -0.1) is 10.2 Å². The van der Waals surface area contributed by atoms with Gasteiger partial charge >= 0.3 is 0 Å². The number of nitrogens with zero attached hydrogens (tertiary/aromatic N) is 4. The molecule has 1 aliphatic rings. The highest BCUT2D eigenvalue weighted by atomic mass is 16.5. The minimum atomic E-state index is 0.289. The number of piperazine rings is 1. The van der Waals surface area contributed by atoms with E-state index in [1.54, 1.807) is 0 Å². The minimum Gasteiger partial charge on any atom is -0.484 e. The van der Waals surface area contributed by atoms with Gasteiger partial charge in [-0.1, -0.05) is 30.3 Å². The molecule has 1 aliphatic heterocycles. The molecule has 0 unspecified atom stereocenters. The molecular formula is C22H26N4O2. The summed E-state index contributed by atoms with van der Waals surface area (Å²) in [6.45, 7) is 9.30. The van der Waals surface area contributed by atoms with Gasteiger partial charge < -0.3 is 14.1 Å². The van der Waals surface area contributed by atoms with E-state index in [0.717, 1.165) is 31.9 Å². The van der Waals surface area contributed by atoms with Crippen molar-refractivity contribution in [1.29, 1.82) is 0 Å². The number of aryl methyl sites for hydroxylation is 1. The van der Waals surface area contributed by atoms with Crippen LogP contribution in [-0.2, 0) is 13.2 Å². The molecule has 0 amide bonds. The van der Waals surface area contributed by atoms with E-state index in [-0.39, 0.29) is 6.61 Å². The van der Waals surface area contributed by atoms with Gasteiger partial charge in [-0.25, -0.2) is 0 Å². The SMILES string of the molecule is Cc1cccc(N2CCN(Cc3nnc(COc4ccccc4)o3)CC2)c1C. The number of rotatable bonds is 6. The van der Waals surface area contributed by atoms with E-state index in [1.807, 2.05) is 30.3 Å². The zero-order valence-corrected chi connectivity index (χ0v) is 16.5. The van der Waals surface area contributed by atoms with Crippen molar-refractivity contribution in [2.24, 2.45) is 0 Å². The molecule has 146 valence electrons. The van der Waals surface area contributed by atoms with E-state index in [0.29, 0.717) is 18.3 Å². The molecule has 2 heterocycles. The van der Waals surface area contributed by atoms with Crippen LogP contribution in [0.3, 0.4) is 0 Å². The Balaban J connectivity index is 1.28. The summed E-state index contributed by atoms with van der Waals surface area (Å²) in [4.78, 5) is 4.82. The number of hydrogen-bond donors (Lipinski definition) is 0. The van der Waals surface area contributed by atoms with Crippen LogP contribution in [0.2, 0.25) is 0 Å². The minimum absolute atomic E-state index is 0.289. The molecule has 6 heteroatoms. The third-order valence-electron chi connectivity index (χ3n) is 5.26. The summed E-state index contributed by atoms with van der Waals surface area (Å²) >= 11 is 0. The van der Waals surface area contributed by atoms with Crippen molar-refractivity contribution in [3.63, 3.8) is 0 Å². The summed E-state index contributed by atoms with van der Waals surface area (Å²) < 4.78 is 11.4. The first-order valence-electron chi connectivity index (χ1n) is 9.71. The highest BCUT2D eigenvalue weighted by Gasteiger charge is 2.20. The lowest BCUT2D eigenvalue weighted by Crippen LogP contribution is -2.46. The average Bonchev–Trinajstić information content (AvgIpc) is 3.17. The number of hydrogen-bond acceptors (Lipinski definition) is 6. The van der Waals surface area contributed by atoms with Gasteiger partial charge in [0.15, 0.2) is 6.61 Å². The van der Waals surface area contributed by atoms with Crippen LogP contribution in [0.1, 0.15) is 22.9 Å². The van der Waals surface area contributed by atoms with Crippen LogP contribution in [0.25, 0.3) is 0 Å². The molecule has 0 N–H and O–H groups in total. The van der Waals surface area contributed by atoms with Crippen molar-refractivity contribution < 1.29 is 9.15 Å². The third kappa shape index (κ3) is 4.34. The average molecular weight is 378 g/mol. The number of para-hydroxylation sites is 1. The molecule has 0 aliphatic carbocycles. The Morgan fingerprint density at radius 1 is 0.893 bits per heavy atom. The van der Waals surface area contributed by atoms with Crippen molar-refractivity contribution in [2.45, 2.75) is 27.0 Å². The van der Waals surface area contributed by atoms with Crippen molar-refractivity contribution in [1.82, 2.24) is 15.1 Å². The van der Waals surface area contributed by atoms with Gasteiger partial charge in [0.2, 0.25) is 5.89 Å². The Labute approximate surface area is 165 Å².